The first-order valence-electron chi connectivity index (χ1n) is 7.22. The number of nitrogens with one attached hydrogen (secondary N) is 1. The summed E-state index contributed by atoms with van der Waals surface area (Å²) in [6, 6.07) is 0.229. The van der Waals surface area contributed by atoms with Crippen molar-refractivity contribution < 1.29 is 9.53 Å². The van der Waals surface area contributed by atoms with Crippen LogP contribution in [-0.4, -0.2) is 30.7 Å². The molecule has 4 heteroatoms. The molecule has 1 aliphatic rings. The Hall–Kier alpha value is -0.610. The molecule has 18 heavy (non-hydrogen) atoms. The largest absolute Gasteiger partial charge is 0.370 e. The lowest BCUT2D eigenvalue weighted by Crippen LogP contribution is -2.47. The number of carbonyl (C=O) groups is 1. The maximum atomic E-state index is 11.6. The Kier molecular flexibility index (Phi) is 6.65. The van der Waals surface area contributed by atoms with Crippen LogP contribution < -0.4 is 11.1 Å². The van der Waals surface area contributed by atoms with Crippen LogP contribution in [0, 0.1) is 0 Å². The van der Waals surface area contributed by atoms with Gasteiger partial charge in [-0.2, -0.15) is 0 Å². The summed E-state index contributed by atoms with van der Waals surface area (Å²) in [5, 5.41) is 2.93. The van der Waals surface area contributed by atoms with Gasteiger partial charge in [0.15, 0.2) is 0 Å². The Morgan fingerprint density at radius 1 is 1.39 bits per heavy atom. The van der Waals surface area contributed by atoms with Crippen LogP contribution in [0.5, 0.6) is 0 Å². The second-order valence-corrected chi connectivity index (χ2v) is 5.67. The summed E-state index contributed by atoms with van der Waals surface area (Å²) in [6.45, 7) is 4.77. The third-order valence-corrected chi connectivity index (χ3v) is 3.60. The molecule has 0 aromatic rings. The quantitative estimate of drug-likeness (QED) is 0.732. The highest BCUT2D eigenvalue weighted by atomic mass is 16.5. The lowest BCUT2D eigenvalue weighted by atomic mass is 9.83. The van der Waals surface area contributed by atoms with Crippen molar-refractivity contribution in [3.8, 4) is 0 Å². The number of carbonyl (C=O) groups excluding carboxylic acids is 1. The van der Waals surface area contributed by atoms with Crippen LogP contribution in [-0.2, 0) is 9.53 Å². The standard InChI is InChI=1S/C14H28N2O2/c1-3-7-12(2)16-13(17)10-18-11-14(15)8-5-4-6-9-14/h12H,3-11,15H2,1-2H3,(H,16,17). The van der Waals surface area contributed by atoms with Gasteiger partial charge in [0.1, 0.15) is 6.61 Å². The van der Waals surface area contributed by atoms with E-state index in [1.165, 1.54) is 19.3 Å². The monoisotopic (exact) mass is 256 g/mol. The van der Waals surface area contributed by atoms with Crippen molar-refractivity contribution in [2.75, 3.05) is 13.2 Å². The van der Waals surface area contributed by atoms with Crippen LogP contribution in [0.15, 0.2) is 0 Å². The summed E-state index contributed by atoms with van der Waals surface area (Å²) in [5.74, 6) is -0.0321. The van der Waals surface area contributed by atoms with E-state index in [1.807, 2.05) is 6.92 Å². The fourth-order valence-electron chi connectivity index (χ4n) is 2.57. The fraction of sp³-hybridized carbons (Fsp3) is 0.929. The zero-order valence-electron chi connectivity index (χ0n) is 11.8. The molecular formula is C14H28N2O2. The summed E-state index contributed by atoms with van der Waals surface area (Å²) < 4.78 is 5.48. The summed E-state index contributed by atoms with van der Waals surface area (Å²) in [6.07, 6.45) is 7.75. The summed E-state index contributed by atoms with van der Waals surface area (Å²) in [5.41, 5.74) is 6.04. The minimum Gasteiger partial charge on any atom is -0.370 e. The molecule has 0 saturated heterocycles. The Morgan fingerprint density at radius 3 is 2.67 bits per heavy atom. The third-order valence-electron chi connectivity index (χ3n) is 3.60. The molecule has 0 aliphatic heterocycles. The van der Waals surface area contributed by atoms with Crippen molar-refractivity contribution >= 4 is 5.91 Å². The van der Waals surface area contributed by atoms with Gasteiger partial charge in [-0.3, -0.25) is 4.79 Å². The van der Waals surface area contributed by atoms with Crippen LogP contribution in [0.3, 0.4) is 0 Å². The van der Waals surface area contributed by atoms with Crippen molar-refractivity contribution in [3.05, 3.63) is 0 Å². The molecule has 1 atom stereocenters. The van der Waals surface area contributed by atoms with Crippen LogP contribution in [0.1, 0.15) is 58.8 Å². The smallest absolute Gasteiger partial charge is 0.246 e. The van der Waals surface area contributed by atoms with E-state index in [0.29, 0.717) is 6.61 Å². The molecule has 0 aromatic carbocycles. The molecule has 0 radical (unpaired) electrons. The highest BCUT2D eigenvalue weighted by molar-refractivity contribution is 5.77. The molecule has 1 saturated carbocycles. The molecular weight excluding hydrogens is 228 g/mol. The number of ether oxygens (including phenoxy) is 1. The molecule has 1 unspecified atom stereocenters. The first-order chi connectivity index (χ1) is 8.56. The molecule has 4 nitrogen and oxygen atoms in total. The zero-order chi connectivity index (χ0) is 13.4. The van der Waals surface area contributed by atoms with Crippen molar-refractivity contribution in [3.63, 3.8) is 0 Å². The van der Waals surface area contributed by atoms with Crippen LogP contribution >= 0.6 is 0 Å². The maximum absolute atomic E-state index is 11.6. The average molecular weight is 256 g/mol. The highest BCUT2D eigenvalue weighted by Gasteiger charge is 2.27. The number of hydrogen-bond acceptors (Lipinski definition) is 3. The molecule has 106 valence electrons. The van der Waals surface area contributed by atoms with Gasteiger partial charge in [0.25, 0.3) is 0 Å². The first kappa shape index (κ1) is 15.4. The molecule has 1 amide bonds. The Labute approximate surface area is 111 Å². The zero-order valence-corrected chi connectivity index (χ0v) is 11.8. The predicted octanol–water partition coefficient (Wildman–Crippen LogP) is 1.97. The minimum atomic E-state index is -0.201. The van der Waals surface area contributed by atoms with Gasteiger partial charge in [-0.15, -0.1) is 0 Å². The SMILES string of the molecule is CCCC(C)NC(=O)COCC1(N)CCCCC1. The van der Waals surface area contributed by atoms with Crippen molar-refractivity contribution in [2.24, 2.45) is 5.73 Å². The van der Waals surface area contributed by atoms with Crippen molar-refractivity contribution in [1.82, 2.24) is 5.32 Å². The first-order valence-corrected chi connectivity index (χ1v) is 7.22. The fourth-order valence-corrected chi connectivity index (χ4v) is 2.57. The maximum Gasteiger partial charge on any atom is 0.246 e. The van der Waals surface area contributed by atoms with Gasteiger partial charge >= 0.3 is 0 Å². The van der Waals surface area contributed by atoms with Gasteiger partial charge in [0.05, 0.1) is 6.61 Å². The van der Waals surface area contributed by atoms with Crippen molar-refractivity contribution in [1.29, 1.82) is 0 Å². The van der Waals surface area contributed by atoms with Gasteiger partial charge in [0, 0.05) is 11.6 Å². The number of nitrogens with two attached hydrogens (primary N) is 1. The van der Waals surface area contributed by atoms with Gasteiger partial charge in [-0.05, 0) is 26.2 Å². The lowest BCUT2D eigenvalue weighted by Gasteiger charge is -2.32. The van der Waals surface area contributed by atoms with Gasteiger partial charge in [0.2, 0.25) is 5.91 Å². The molecule has 1 fully saturated rings. The number of rotatable bonds is 7. The van der Waals surface area contributed by atoms with Crippen LogP contribution in [0.4, 0.5) is 0 Å². The Bertz CT molecular complexity index is 250. The molecule has 1 rings (SSSR count). The second-order valence-electron chi connectivity index (χ2n) is 5.67. The molecule has 0 bridgehead atoms. The van der Waals surface area contributed by atoms with E-state index < -0.39 is 0 Å². The van der Waals surface area contributed by atoms with E-state index in [0.717, 1.165) is 25.7 Å². The predicted molar refractivity (Wildman–Crippen MR) is 73.3 cm³/mol. The van der Waals surface area contributed by atoms with E-state index in [2.05, 4.69) is 12.2 Å². The Morgan fingerprint density at radius 2 is 2.06 bits per heavy atom. The lowest BCUT2D eigenvalue weighted by molar-refractivity contribution is -0.127. The number of hydrogen-bond donors (Lipinski definition) is 2. The van der Waals surface area contributed by atoms with Crippen LogP contribution in [0.2, 0.25) is 0 Å². The molecule has 1 aliphatic carbocycles. The van der Waals surface area contributed by atoms with E-state index in [1.54, 1.807) is 0 Å². The molecule has 0 aromatic heterocycles. The minimum absolute atomic E-state index is 0.0321. The Balaban J connectivity index is 2.14. The van der Waals surface area contributed by atoms with E-state index in [4.69, 9.17) is 10.5 Å². The molecule has 0 heterocycles. The third kappa shape index (κ3) is 5.83. The number of amides is 1. The van der Waals surface area contributed by atoms with E-state index >= 15 is 0 Å². The van der Waals surface area contributed by atoms with E-state index in [-0.39, 0.29) is 24.1 Å². The summed E-state index contributed by atoms with van der Waals surface area (Å²) in [7, 11) is 0. The van der Waals surface area contributed by atoms with Crippen molar-refractivity contribution in [2.45, 2.75) is 70.4 Å². The molecule has 3 N–H and O–H groups in total. The van der Waals surface area contributed by atoms with E-state index in [9.17, 15) is 4.79 Å². The topological polar surface area (TPSA) is 64.3 Å². The van der Waals surface area contributed by atoms with Gasteiger partial charge in [-0.1, -0.05) is 32.6 Å². The van der Waals surface area contributed by atoms with Gasteiger partial charge < -0.3 is 15.8 Å². The van der Waals surface area contributed by atoms with Gasteiger partial charge in [-0.25, -0.2) is 0 Å². The second kappa shape index (κ2) is 7.74. The summed E-state index contributed by atoms with van der Waals surface area (Å²) in [4.78, 5) is 11.6. The van der Waals surface area contributed by atoms with Crippen LogP contribution in [0.25, 0.3) is 0 Å². The normalized spacial score (nSPS) is 20.4. The highest BCUT2D eigenvalue weighted by Crippen LogP contribution is 2.25. The molecule has 0 spiro atoms. The summed E-state index contributed by atoms with van der Waals surface area (Å²) >= 11 is 0. The average Bonchev–Trinajstić information content (AvgIpc) is 2.29.